The molecule has 4 saturated heterocycles. The molecule has 4 fully saturated rings. The number of fused-ring (bicyclic) bond motifs is 2. The molecule has 1 aliphatic carbocycles. The summed E-state index contributed by atoms with van der Waals surface area (Å²) in [6, 6.07) is 28.5. The molecule has 4 aliphatic heterocycles. The molecule has 53 heavy (non-hydrogen) atoms. The normalized spacial score (nSPS) is 36.6. The van der Waals surface area contributed by atoms with E-state index in [1.54, 1.807) is 31.4 Å². The maximum atomic E-state index is 13.7. The van der Waals surface area contributed by atoms with Crippen molar-refractivity contribution < 1.29 is 52.2 Å². The van der Waals surface area contributed by atoms with E-state index in [1.165, 1.54) is 0 Å². The van der Waals surface area contributed by atoms with E-state index in [1.807, 2.05) is 85.8 Å². The van der Waals surface area contributed by atoms with Gasteiger partial charge in [0.15, 0.2) is 31.3 Å². The SMILES string of the molecule is CO[C@@H]1C(OC(=O)c2ccccc2)[C@H](O[C@@H]2C(C)[C@H](OCc3ccccc3)OC3COC(c4ccccc4)O[C@H]32)OC2COC(C3C=CC=CC3)O[C@H]21. The minimum Gasteiger partial charge on any atom is -0.450 e. The molecule has 11 nitrogen and oxygen atoms in total. The summed E-state index contributed by atoms with van der Waals surface area (Å²) in [6.45, 7) is 2.82. The summed E-state index contributed by atoms with van der Waals surface area (Å²) < 4.78 is 64.6. The van der Waals surface area contributed by atoms with Gasteiger partial charge in [-0.1, -0.05) is 110 Å². The van der Waals surface area contributed by atoms with E-state index < -0.39 is 73.9 Å². The van der Waals surface area contributed by atoms with Gasteiger partial charge in [0.05, 0.1) is 31.5 Å². The molecule has 3 aromatic rings. The maximum Gasteiger partial charge on any atom is 0.338 e. The van der Waals surface area contributed by atoms with Crippen LogP contribution in [-0.4, -0.2) is 87.9 Å². The van der Waals surface area contributed by atoms with E-state index in [4.69, 9.17) is 47.4 Å². The lowest BCUT2D eigenvalue weighted by Crippen LogP contribution is -2.67. The van der Waals surface area contributed by atoms with Crippen LogP contribution >= 0.6 is 0 Å². The average molecular weight is 727 g/mol. The molecule has 4 heterocycles. The molecule has 8 rings (SSSR count). The maximum absolute atomic E-state index is 13.7. The molecule has 0 N–H and O–H groups in total. The highest BCUT2D eigenvalue weighted by molar-refractivity contribution is 5.89. The summed E-state index contributed by atoms with van der Waals surface area (Å²) >= 11 is 0. The second-order valence-electron chi connectivity index (χ2n) is 14.0. The monoisotopic (exact) mass is 726 g/mol. The van der Waals surface area contributed by atoms with E-state index in [-0.39, 0.29) is 25.0 Å². The topological polar surface area (TPSA) is 109 Å². The highest BCUT2D eigenvalue weighted by atomic mass is 16.8. The van der Waals surface area contributed by atoms with Gasteiger partial charge in [0, 0.05) is 24.5 Å². The van der Waals surface area contributed by atoms with Crippen LogP contribution in [0.5, 0.6) is 0 Å². The number of hydrogen-bond donors (Lipinski definition) is 0. The minimum atomic E-state index is -1.09. The summed E-state index contributed by atoms with van der Waals surface area (Å²) in [5.74, 6) is -0.865. The van der Waals surface area contributed by atoms with E-state index in [2.05, 4.69) is 12.2 Å². The Bertz CT molecular complexity index is 1690. The van der Waals surface area contributed by atoms with Crippen LogP contribution in [0.1, 0.15) is 41.1 Å². The Balaban J connectivity index is 1.08. The lowest BCUT2D eigenvalue weighted by atomic mass is 9.90. The van der Waals surface area contributed by atoms with Crippen molar-refractivity contribution in [2.45, 2.75) is 87.8 Å². The van der Waals surface area contributed by atoms with Crippen molar-refractivity contribution in [2.24, 2.45) is 11.8 Å². The molecule has 0 radical (unpaired) electrons. The van der Waals surface area contributed by atoms with Crippen molar-refractivity contribution in [1.82, 2.24) is 0 Å². The van der Waals surface area contributed by atoms with Gasteiger partial charge in [-0.05, 0) is 24.1 Å². The third-order valence-corrected chi connectivity index (χ3v) is 10.5. The molecule has 0 aromatic heterocycles. The number of methoxy groups -OCH3 is 1. The predicted octanol–water partition coefficient (Wildman–Crippen LogP) is 5.90. The average Bonchev–Trinajstić information content (AvgIpc) is 3.22. The first-order chi connectivity index (χ1) is 26.1. The molecule has 7 unspecified atom stereocenters. The first-order valence-corrected chi connectivity index (χ1v) is 18.4. The van der Waals surface area contributed by atoms with Gasteiger partial charge < -0.3 is 47.4 Å². The number of allylic oxidation sites excluding steroid dienone is 3. The van der Waals surface area contributed by atoms with Crippen molar-refractivity contribution in [3.63, 3.8) is 0 Å². The van der Waals surface area contributed by atoms with Gasteiger partial charge in [0.1, 0.15) is 30.5 Å². The van der Waals surface area contributed by atoms with Crippen LogP contribution in [0.15, 0.2) is 115 Å². The van der Waals surface area contributed by atoms with E-state index in [9.17, 15) is 4.79 Å². The van der Waals surface area contributed by atoms with Gasteiger partial charge >= 0.3 is 5.97 Å². The van der Waals surface area contributed by atoms with Crippen LogP contribution in [0.4, 0.5) is 0 Å². The summed E-state index contributed by atoms with van der Waals surface area (Å²) in [6.07, 6.45) is 1.35. The third kappa shape index (κ3) is 8.05. The van der Waals surface area contributed by atoms with Crippen molar-refractivity contribution in [3.05, 3.63) is 132 Å². The summed E-state index contributed by atoms with van der Waals surface area (Å²) in [7, 11) is 1.58. The summed E-state index contributed by atoms with van der Waals surface area (Å²) in [5, 5.41) is 0. The van der Waals surface area contributed by atoms with Crippen LogP contribution in [0.25, 0.3) is 0 Å². The number of carbonyl (C=O) groups excluding carboxylic acids is 1. The summed E-state index contributed by atoms with van der Waals surface area (Å²) in [5.41, 5.74) is 2.27. The van der Waals surface area contributed by atoms with Crippen LogP contribution in [-0.2, 0) is 54.0 Å². The zero-order valence-corrected chi connectivity index (χ0v) is 29.8. The van der Waals surface area contributed by atoms with Crippen LogP contribution in [0, 0.1) is 11.8 Å². The highest BCUT2D eigenvalue weighted by Crippen LogP contribution is 2.41. The standard InChI is InChI=1S/C42H46O11/c1-26-33(34-31(24-46-40(52-34)29-19-11-5-12-20-29)48-39(26)45-23-27-15-7-3-8-16-27)51-42-37(50-38(43)28-17-9-4-10-18-28)36(44-2)35-32(49-42)25-47-41(53-35)30-21-13-6-14-22-30/h3-21,26,30-37,39-42H,22-25H2,1-2H3/t26?,30?,31?,32?,33-,34-,35-,36+,37?,39-,40?,41?,42+/m1/s1. The molecular weight excluding hydrogens is 680 g/mol. The third-order valence-electron chi connectivity index (χ3n) is 10.5. The smallest absolute Gasteiger partial charge is 0.338 e. The Kier molecular flexibility index (Phi) is 11.4. The van der Waals surface area contributed by atoms with E-state index in [0.717, 1.165) is 17.5 Å². The Morgan fingerprint density at radius 2 is 1.42 bits per heavy atom. The van der Waals surface area contributed by atoms with Gasteiger partial charge in [-0.25, -0.2) is 4.79 Å². The van der Waals surface area contributed by atoms with Crippen LogP contribution in [0.3, 0.4) is 0 Å². The van der Waals surface area contributed by atoms with Crippen molar-refractivity contribution in [1.29, 1.82) is 0 Å². The zero-order chi connectivity index (χ0) is 36.1. The largest absolute Gasteiger partial charge is 0.450 e. The first kappa shape index (κ1) is 36.2. The van der Waals surface area contributed by atoms with Crippen LogP contribution < -0.4 is 0 Å². The molecule has 0 amide bonds. The number of hydrogen-bond acceptors (Lipinski definition) is 11. The van der Waals surface area contributed by atoms with E-state index in [0.29, 0.717) is 12.2 Å². The zero-order valence-electron chi connectivity index (χ0n) is 29.8. The Hall–Kier alpha value is -3.75. The minimum absolute atomic E-state index is 0.0221. The highest BCUT2D eigenvalue weighted by Gasteiger charge is 2.56. The number of rotatable bonds is 10. The quantitative estimate of drug-likeness (QED) is 0.233. The van der Waals surface area contributed by atoms with Gasteiger partial charge in [-0.15, -0.1) is 0 Å². The fourth-order valence-electron chi connectivity index (χ4n) is 7.64. The first-order valence-electron chi connectivity index (χ1n) is 18.4. The number of ether oxygens (including phenoxy) is 10. The van der Waals surface area contributed by atoms with Gasteiger partial charge in [-0.2, -0.15) is 0 Å². The van der Waals surface area contributed by atoms with Crippen molar-refractivity contribution in [3.8, 4) is 0 Å². The molecule has 0 spiro atoms. The Labute approximate surface area is 309 Å². The molecule has 11 heteroatoms. The second kappa shape index (κ2) is 16.7. The van der Waals surface area contributed by atoms with Gasteiger partial charge in [0.25, 0.3) is 0 Å². The molecule has 3 aromatic carbocycles. The van der Waals surface area contributed by atoms with Crippen molar-refractivity contribution >= 4 is 5.97 Å². The fraction of sp³-hybridized carbons (Fsp3) is 0.452. The second-order valence-corrected chi connectivity index (χ2v) is 14.0. The molecule has 0 saturated carbocycles. The van der Waals surface area contributed by atoms with E-state index >= 15 is 0 Å². The summed E-state index contributed by atoms with van der Waals surface area (Å²) in [4.78, 5) is 13.7. The molecule has 5 aliphatic rings. The molecule has 280 valence electrons. The Morgan fingerprint density at radius 1 is 0.736 bits per heavy atom. The van der Waals surface area contributed by atoms with Crippen molar-refractivity contribution in [2.75, 3.05) is 20.3 Å². The van der Waals surface area contributed by atoms with Gasteiger partial charge in [0.2, 0.25) is 0 Å². The number of esters is 1. The number of benzene rings is 3. The van der Waals surface area contributed by atoms with Gasteiger partial charge in [-0.3, -0.25) is 0 Å². The lowest BCUT2D eigenvalue weighted by Gasteiger charge is -2.52. The fourth-order valence-corrected chi connectivity index (χ4v) is 7.64. The molecule has 0 bridgehead atoms. The molecular formula is C42H46O11. The van der Waals surface area contributed by atoms with Crippen LogP contribution in [0.2, 0.25) is 0 Å². The Morgan fingerprint density at radius 3 is 2.13 bits per heavy atom. The predicted molar refractivity (Wildman–Crippen MR) is 190 cm³/mol. The number of carbonyl (C=O) groups is 1. The lowest BCUT2D eigenvalue weighted by molar-refractivity contribution is -0.400. The molecule has 13 atom stereocenters.